The first-order chi connectivity index (χ1) is 10.3. The molecule has 3 atom stereocenters. The number of aryl methyl sites for hydroxylation is 1. The van der Waals surface area contributed by atoms with Crippen LogP contribution >= 0.6 is 0 Å². The summed E-state index contributed by atoms with van der Waals surface area (Å²) < 4.78 is 0. The summed E-state index contributed by atoms with van der Waals surface area (Å²) in [5.74, 6) is 0.195. The van der Waals surface area contributed by atoms with E-state index in [1.165, 1.54) is 16.7 Å². The van der Waals surface area contributed by atoms with Gasteiger partial charge < -0.3 is 5.11 Å². The average Bonchev–Trinajstić information content (AvgIpc) is 2.46. The Labute approximate surface area is 133 Å². The zero-order valence-electron chi connectivity index (χ0n) is 14.3. The van der Waals surface area contributed by atoms with Crippen molar-refractivity contribution in [2.75, 3.05) is 0 Å². The number of carboxylic acid groups (broad SMARTS) is 1. The number of carbonyl (C=O) groups is 1. The van der Waals surface area contributed by atoms with E-state index in [1.54, 1.807) is 0 Å². The van der Waals surface area contributed by atoms with E-state index in [2.05, 4.69) is 39.0 Å². The van der Waals surface area contributed by atoms with Crippen molar-refractivity contribution in [3.63, 3.8) is 0 Å². The van der Waals surface area contributed by atoms with Gasteiger partial charge in [-0.05, 0) is 66.5 Å². The summed E-state index contributed by atoms with van der Waals surface area (Å²) in [6.07, 6.45) is 4.99. The summed E-state index contributed by atoms with van der Waals surface area (Å²) in [7, 11) is 0. The molecule has 0 saturated heterocycles. The van der Waals surface area contributed by atoms with Crippen LogP contribution in [0, 0.1) is 11.3 Å². The van der Waals surface area contributed by atoms with Gasteiger partial charge in [-0.25, -0.2) is 0 Å². The van der Waals surface area contributed by atoms with Gasteiger partial charge in [0.2, 0.25) is 0 Å². The van der Waals surface area contributed by atoms with Gasteiger partial charge in [-0.15, -0.1) is 0 Å². The van der Waals surface area contributed by atoms with Crippen LogP contribution in [0.25, 0.3) is 0 Å². The van der Waals surface area contributed by atoms with Crippen LogP contribution in [0.15, 0.2) is 18.2 Å². The number of fused-ring (bicyclic) bond motifs is 3. The number of carboxylic acids is 1. The molecule has 0 spiro atoms. The smallest absolute Gasteiger partial charge is 0.309 e. The van der Waals surface area contributed by atoms with E-state index in [9.17, 15) is 9.90 Å². The predicted octanol–water partition coefficient (Wildman–Crippen LogP) is 4.90. The van der Waals surface area contributed by atoms with E-state index < -0.39 is 11.4 Å². The molecule has 3 rings (SSSR count). The Hall–Kier alpha value is -1.31. The topological polar surface area (TPSA) is 37.3 Å². The second kappa shape index (κ2) is 5.11. The monoisotopic (exact) mass is 300 g/mol. The van der Waals surface area contributed by atoms with Crippen molar-refractivity contribution in [2.45, 2.75) is 71.1 Å². The lowest BCUT2D eigenvalue weighted by atomic mass is 9.50. The Morgan fingerprint density at radius 2 is 2.00 bits per heavy atom. The maximum Gasteiger partial charge on any atom is 0.309 e. The first-order valence-corrected chi connectivity index (χ1v) is 8.66. The minimum absolute atomic E-state index is 0.0223. The molecule has 1 unspecified atom stereocenters. The highest BCUT2D eigenvalue weighted by Crippen LogP contribution is 2.57. The highest BCUT2D eigenvalue weighted by Gasteiger charge is 2.55. The number of benzene rings is 1. The molecule has 0 aliphatic heterocycles. The molecule has 0 aromatic heterocycles. The maximum atomic E-state index is 11.9. The zero-order valence-corrected chi connectivity index (χ0v) is 14.3. The molecular formula is C20H28O2. The van der Waals surface area contributed by atoms with E-state index in [0.717, 1.165) is 32.1 Å². The standard InChI is InChI=1S/C20H28O2/c1-13(2)14-6-8-16-15(12-14)7-9-17-19(16,3)10-5-11-20(17,4)18(21)22/h6,8,12-13,17H,5,7,9-11H2,1-4H3,(H,21,22)/t17-,19+,20?/m0/s1. The first-order valence-electron chi connectivity index (χ1n) is 8.66. The summed E-state index contributed by atoms with van der Waals surface area (Å²) in [4.78, 5) is 11.9. The van der Waals surface area contributed by atoms with Gasteiger partial charge in [0.25, 0.3) is 0 Å². The van der Waals surface area contributed by atoms with Crippen molar-refractivity contribution in [1.82, 2.24) is 0 Å². The summed E-state index contributed by atoms with van der Waals surface area (Å²) in [6.45, 7) is 8.75. The van der Waals surface area contributed by atoms with E-state index in [-0.39, 0.29) is 11.3 Å². The third kappa shape index (κ3) is 2.11. The highest BCUT2D eigenvalue weighted by molar-refractivity contribution is 5.75. The van der Waals surface area contributed by atoms with E-state index in [0.29, 0.717) is 5.92 Å². The maximum absolute atomic E-state index is 11.9. The summed E-state index contributed by atoms with van der Waals surface area (Å²) >= 11 is 0. The fourth-order valence-corrected chi connectivity index (χ4v) is 5.13. The molecular weight excluding hydrogens is 272 g/mol. The van der Waals surface area contributed by atoms with Gasteiger partial charge in [0.15, 0.2) is 0 Å². The average molecular weight is 300 g/mol. The minimum Gasteiger partial charge on any atom is -0.481 e. The van der Waals surface area contributed by atoms with E-state index >= 15 is 0 Å². The Morgan fingerprint density at radius 3 is 2.64 bits per heavy atom. The second-order valence-corrected chi connectivity index (χ2v) is 8.16. The van der Waals surface area contributed by atoms with Gasteiger partial charge in [-0.2, -0.15) is 0 Å². The lowest BCUT2D eigenvalue weighted by molar-refractivity contribution is -0.157. The fourth-order valence-electron chi connectivity index (χ4n) is 5.13. The molecule has 1 aromatic carbocycles. The molecule has 120 valence electrons. The third-order valence-electron chi connectivity index (χ3n) is 6.53. The first kappa shape index (κ1) is 15.6. The third-order valence-corrected chi connectivity index (χ3v) is 6.53. The quantitative estimate of drug-likeness (QED) is 0.843. The van der Waals surface area contributed by atoms with Crippen LogP contribution in [0.3, 0.4) is 0 Å². The number of hydrogen-bond acceptors (Lipinski definition) is 1. The summed E-state index contributed by atoms with van der Waals surface area (Å²) in [5, 5.41) is 9.82. The van der Waals surface area contributed by atoms with Crippen molar-refractivity contribution in [3.8, 4) is 0 Å². The molecule has 2 aliphatic carbocycles. The molecule has 1 N–H and O–H groups in total. The van der Waals surface area contributed by atoms with Crippen LogP contribution in [-0.2, 0) is 16.6 Å². The Bertz CT molecular complexity index is 604. The van der Waals surface area contributed by atoms with Gasteiger partial charge in [-0.1, -0.05) is 45.4 Å². The van der Waals surface area contributed by atoms with Crippen molar-refractivity contribution in [2.24, 2.45) is 11.3 Å². The molecule has 1 aromatic rings. The van der Waals surface area contributed by atoms with Crippen molar-refractivity contribution in [3.05, 3.63) is 34.9 Å². The van der Waals surface area contributed by atoms with Crippen LogP contribution in [0.1, 0.15) is 76.0 Å². The zero-order chi connectivity index (χ0) is 16.1. The fraction of sp³-hybridized carbons (Fsp3) is 0.650. The highest BCUT2D eigenvalue weighted by atomic mass is 16.4. The molecule has 0 amide bonds. The van der Waals surface area contributed by atoms with Gasteiger partial charge in [-0.3, -0.25) is 4.79 Å². The molecule has 2 nitrogen and oxygen atoms in total. The van der Waals surface area contributed by atoms with E-state index in [4.69, 9.17) is 0 Å². The van der Waals surface area contributed by atoms with Crippen LogP contribution in [0.4, 0.5) is 0 Å². The molecule has 0 bridgehead atoms. The van der Waals surface area contributed by atoms with Crippen LogP contribution < -0.4 is 0 Å². The van der Waals surface area contributed by atoms with Crippen LogP contribution in [-0.4, -0.2) is 11.1 Å². The SMILES string of the molecule is CC(C)c1ccc2c(c1)CC[C@@H]1C(C)(C(=O)O)CCC[C@]21C. The predicted molar refractivity (Wildman–Crippen MR) is 89.3 cm³/mol. The van der Waals surface area contributed by atoms with E-state index in [1.807, 2.05) is 6.92 Å². The molecule has 1 fully saturated rings. The van der Waals surface area contributed by atoms with Crippen LogP contribution in [0.5, 0.6) is 0 Å². The Morgan fingerprint density at radius 1 is 1.27 bits per heavy atom. The van der Waals surface area contributed by atoms with Crippen molar-refractivity contribution in [1.29, 1.82) is 0 Å². The molecule has 0 radical (unpaired) electrons. The summed E-state index contributed by atoms with van der Waals surface area (Å²) in [5.41, 5.74) is 3.73. The van der Waals surface area contributed by atoms with Gasteiger partial charge in [0, 0.05) is 0 Å². The van der Waals surface area contributed by atoms with Crippen molar-refractivity contribution < 1.29 is 9.90 Å². The van der Waals surface area contributed by atoms with Gasteiger partial charge in [0.1, 0.15) is 0 Å². The van der Waals surface area contributed by atoms with Crippen molar-refractivity contribution >= 4 is 5.97 Å². The second-order valence-electron chi connectivity index (χ2n) is 8.16. The number of rotatable bonds is 2. The lowest BCUT2D eigenvalue weighted by Crippen LogP contribution is -2.52. The van der Waals surface area contributed by atoms with Gasteiger partial charge in [0.05, 0.1) is 5.41 Å². The minimum atomic E-state index is -0.606. The van der Waals surface area contributed by atoms with Crippen LogP contribution in [0.2, 0.25) is 0 Å². The molecule has 2 heteroatoms. The van der Waals surface area contributed by atoms with Gasteiger partial charge >= 0.3 is 5.97 Å². The Kier molecular flexibility index (Phi) is 3.62. The molecule has 2 aliphatic rings. The molecule has 1 saturated carbocycles. The molecule has 0 heterocycles. The number of aliphatic carboxylic acids is 1. The lowest BCUT2D eigenvalue weighted by Gasteiger charge is -2.53. The Balaban J connectivity index is 2.08. The summed E-state index contributed by atoms with van der Waals surface area (Å²) in [6, 6.07) is 6.92. The normalized spacial score (nSPS) is 34.1. The molecule has 22 heavy (non-hydrogen) atoms. The largest absolute Gasteiger partial charge is 0.481 e. The number of hydrogen-bond donors (Lipinski definition) is 1.